The average molecular weight is 372 g/mol. The number of benzene rings is 1. The minimum atomic E-state index is -3.75. The standard InChI is InChI=1S/C15H20N2O7S/c1-17(2)25(21,22)10-3-4-12(16-6-7-18)11(9-10)14(19)24-13-5-8-23-15(13)20/h3-4,9,13,16,18H,5-8H2,1-2H3. The zero-order valence-electron chi connectivity index (χ0n) is 13.9. The van der Waals surface area contributed by atoms with Crippen LogP contribution in [-0.2, 0) is 24.3 Å². The van der Waals surface area contributed by atoms with E-state index in [1.165, 1.54) is 32.3 Å². The van der Waals surface area contributed by atoms with Gasteiger partial charge in [-0.3, -0.25) is 0 Å². The van der Waals surface area contributed by atoms with E-state index in [1.807, 2.05) is 0 Å². The number of aliphatic hydroxyl groups is 1. The number of sulfonamides is 1. The van der Waals surface area contributed by atoms with Crippen LogP contribution in [0, 0.1) is 0 Å². The summed E-state index contributed by atoms with van der Waals surface area (Å²) in [5, 5.41) is 11.7. The Kier molecular flexibility index (Phi) is 5.98. The number of carbonyl (C=O) groups excluding carboxylic acids is 2. The Morgan fingerprint density at radius 3 is 2.72 bits per heavy atom. The van der Waals surface area contributed by atoms with E-state index in [2.05, 4.69) is 5.32 Å². The van der Waals surface area contributed by atoms with E-state index in [-0.39, 0.29) is 36.6 Å². The highest BCUT2D eigenvalue weighted by atomic mass is 32.2. The van der Waals surface area contributed by atoms with Crippen molar-refractivity contribution in [2.24, 2.45) is 0 Å². The zero-order chi connectivity index (χ0) is 18.6. The van der Waals surface area contributed by atoms with Crippen LogP contribution < -0.4 is 5.32 Å². The summed E-state index contributed by atoms with van der Waals surface area (Å²) >= 11 is 0. The van der Waals surface area contributed by atoms with Crippen molar-refractivity contribution in [3.63, 3.8) is 0 Å². The molecule has 0 aliphatic carbocycles. The van der Waals surface area contributed by atoms with Crippen LogP contribution in [0.3, 0.4) is 0 Å². The number of nitrogens with one attached hydrogen (secondary N) is 1. The largest absolute Gasteiger partial charge is 0.463 e. The molecule has 0 spiro atoms. The lowest BCUT2D eigenvalue weighted by Crippen LogP contribution is -2.25. The molecule has 0 aromatic heterocycles. The minimum absolute atomic E-state index is 0.0453. The summed E-state index contributed by atoms with van der Waals surface area (Å²) in [4.78, 5) is 23.8. The molecule has 2 rings (SSSR count). The van der Waals surface area contributed by atoms with Crippen molar-refractivity contribution in [1.29, 1.82) is 0 Å². The number of cyclic esters (lactones) is 1. The summed E-state index contributed by atoms with van der Waals surface area (Å²) in [5.41, 5.74) is 0.249. The van der Waals surface area contributed by atoms with E-state index in [1.54, 1.807) is 0 Å². The van der Waals surface area contributed by atoms with Crippen molar-refractivity contribution in [3.8, 4) is 0 Å². The first-order valence-electron chi connectivity index (χ1n) is 7.56. The second kappa shape index (κ2) is 7.81. The Morgan fingerprint density at radius 1 is 1.44 bits per heavy atom. The molecule has 1 unspecified atom stereocenters. The Hall–Kier alpha value is -2.17. The van der Waals surface area contributed by atoms with E-state index in [0.29, 0.717) is 5.69 Å². The number of ether oxygens (including phenoxy) is 2. The third kappa shape index (κ3) is 4.27. The van der Waals surface area contributed by atoms with Crippen molar-refractivity contribution >= 4 is 27.6 Å². The fourth-order valence-corrected chi connectivity index (χ4v) is 3.11. The van der Waals surface area contributed by atoms with Gasteiger partial charge in [0.2, 0.25) is 16.1 Å². The molecule has 0 amide bonds. The SMILES string of the molecule is CN(C)S(=O)(=O)c1ccc(NCCO)c(C(=O)OC2CCOC2=O)c1. The van der Waals surface area contributed by atoms with Crippen molar-refractivity contribution in [2.45, 2.75) is 17.4 Å². The summed E-state index contributed by atoms with van der Waals surface area (Å²) in [6.45, 7) is 0.147. The number of esters is 2. The maximum absolute atomic E-state index is 12.4. The highest BCUT2D eigenvalue weighted by Gasteiger charge is 2.31. The molecule has 2 N–H and O–H groups in total. The van der Waals surface area contributed by atoms with Gasteiger partial charge in [-0.1, -0.05) is 0 Å². The minimum Gasteiger partial charge on any atom is -0.463 e. The molecule has 0 radical (unpaired) electrons. The molecule has 9 nitrogen and oxygen atoms in total. The predicted octanol–water partition coefficient (Wildman–Crippen LogP) is -0.187. The van der Waals surface area contributed by atoms with Gasteiger partial charge in [-0.05, 0) is 18.2 Å². The van der Waals surface area contributed by atoms with Gasteiger partial charge in [-0.15, -0.1) is 0 Å². The molecule has 0 bridgehead atoms. The monoisotopic (exact) mass is 372 g/mol. The molecular formula is C15H20N2O7S. The molecule has 0 saturated carbocycles. The van der Waals surface area contributed by atoms with Gasteiger partial charge >= 0.3 is 11.9 Å². The van der Waals surface area contributed by atoms with Crippen molar-refractivity contribution in [2.75, 3.05) is 39.2 Å². The molecule has 25 heavy (non-hydrogen) atoms. The first-order chi connectivity index (χ1) is 11.8. The number of rotatable bonds is 7. The number of nitrogens with zero attached hydrogens (tertiary/aromatic N) is 1. The van der Waals surface area contributed by atoms with E-state index in [0.717, 1.165) is 4.31 Å². The molecular weight excluding hydrogens is 352 g/mol. The fraction of sp³-hybridized carbons (Fsp3) is 0.467. The number of carbonyl (C=O) groups is 2. The van der Waals surface area contributed by atoms with Crippen molar-refractivity contribution in [3.05, 3.63) is 23.8 Å². The first-order valence-corrected chi connectivity index (χ1v) is 9.00. The number of hydrogen-bond donors (Lipinski definition) is 2. The molecule has 10 heteroatoms. The number of hydrogen-bond acceptors (Lipinski definition) is 8. The van der Waals surface area contributed by atoms with Crippen LogP contribution >= 0.6 is 0 Å². The average Bonchev–Trinajstić information content (AvgIpc) is 2.97. The van der Waals surface area contributed by atoms with Gasteiger partial charge in [-0.25, -0.2) is 22.3 Å². The summed E-state index contributed by atoms with van der Waals surface area (Å²) in [5.74, 6) is -1.48. The Balaban J connectivity index is 2.36. The summed E-state index contributed by atoms with van der Waals surface area (Å²) < 4.78 is 35.4. The molecule has 138 valence electrons. The lowest BCUT2D eigenvalue weighted by molar-refractivity contribution is -0.145. The molecule has 1 fully saturated rings. The van der Waals surface area contributed by atoms with Gasteiger partial charge in [0, 0.05) is 32.7 Å². The van der Waals surface area contributed by atoms with Crippen LogP contribution in [0.4, 0.5) is 5.69 Å². The first kappa shape index (κ1) is 19.2. The second-order valence-corrected chi connectivity index (χ2v) is 7.65. The second-order valence-electron chi connectivity index (χ2n) is 5.50. The van der Waals surface area contributed by atoms with Gasteiger partial charge in [-0.2, -0.15) is 0 Å². The van der Waals surface area contributed by atoms with E-state index in [4.69, 9.17) is 14.6 Å². The maximum Gasteiger partial charge on any atom is 0.347 e. The van der Waals surface area contributed by atoms with E-state index >= 15 is 0 Å². The summed E-state index contributed by atoms with van der Waals surface area (Å²) in [7, 11) is -1.00. The smallest absolute Gasteiger partial charge is 0.347 e. The van der Waals surface area contributed by atoms with Crippen molar-refractivity contribution < 1.29 is 32.6 Å². The zero-order valence-corrected chi connectivity index (χ0v) is 14.7. The number of anilines is 1. The van der Waals surface area contributed by atoms with Crippen LogP contribution in [0.2, 0.25) is 0 Å². The van der Waals surface area contributed by atoms with Crippen LogP contribution in [0.25, 0.3) is 0 Å². The van der Waals surface area contributed by atoms with Crippen LogP contribution in [0.15, 0.2) is 23.1 Å². The Labute approximate surface area is 145 Å². The molecule has 1 aliphatic heterocycles. The van der Waals surface area contributed by atoms with Gasteiger partial charge in [0.15, 0.2) is 0 Å². The molecule has 1 heterocycles. The summed E-state index contributed by atoms with van der Waals surface area (Å²) in [6.07, 6.45) is -0.757. The van der Waals surface area contributed by atoms with E-state index < -0.39 is 28.1 Å². The highest BCUT2D eigenvalue weighted by Crippen LogP contribution is 2.24. The predicted molar refractivity (Wildman–Crippen MR) is 87.7 cm³/mol. The Bertz CT molecular complexity index is 761. The van der Waals surface area contributed by atoms with E-state index in [9.17, 15) is 18.0 Å². The summed E-state index contributed by atoms with van der Waals surface area (Å²) in [6, 6.07) is 3.93. The molecule has 1 aromatic rings. The molecule has 1 aliphatic rings. The van der Waals surface area contributed by atoms with Crippen molar-refractivity contribution in [1.82, 2.24) is 4.31 Å². The van der Waals surface area contributed by atoms with Gasteiger partial charge in [0.25, 0.3) is 0 Å². The van der Waals surface area contributed by atoms with Crippen LogP contribution in [0.1, 0.15) is 16.8 Å². The van der Waals surface area contributed by atoms with Gasteiger partial charge in [0.1, 0.15) is 0 Å². The molecule has 1 aromatic carbocycles. The third-order valence-corrected chi connectivity index (χ3v) is 5.36. The quantitative estimate of drug-likeness (QED) is 0.632. The normalized spacial score (nSPS) is 17.4. The van der Waals surface area contributed by atoms with Gasteiger partial charge < -0.3 is 19.9 Å². The third-order valence-electron chi connectivity index (χ3n) is 3.55. The molecule has 1 atom stereocenters. The lowest BCUT2D eigenvalue weighted by Gasteiger charge is -2.16. The number of aliphatic hydroxyl groups excluding tert-OH is 1. The fourth-order valence-electron chi connectivity index (χ4n) is 2.19. The van der Waals surface area contributed by atoms with Crippen LogP contribution in [-0.4, -0.2) is 69.7 Å². The molecule has 1 saturated heterocycles. The highest BCUT2D eigenvalue weighted by molar-refractivity contribution is 7.89. The van der Waals surface area contributed by atoms with Gasteiger partial charge in [0.05, 0.1) is 23.7 Å². The lowest BCUT2D eigenvalue weighted by atomic mass is 10.1. The maximum atomic E-state index is 12.4. The Morgan fingerprint density at radius 2 is 2.16 bits per heavy atom. The van der Waals surface area contributed by atoms with Crippen LogP contribution in [0.5, 0.6) is 0 Å². The topological polar surface area (TPSA) is 122 Å².